The molecule has 0 saturated heterocycles. The standard InChI is InChI=1S/C13H19ClN2O2S.ClH/c1-9-7-11(14)5-6-13(9)19(17,18)16-12-4-2-3-10(12)8-15;/h5-7,10,12,16H,2-4,8,15H2,1H3;1H. The predicted octanol–water partition coefficient (Wildman–Crippen LogP) is 2.48. The van der Waals surface area contributed by atoms with Crippen LogP contribution in [-0.2, 0) is 10.0 Å². The van der Waals surface area contributed by atoms with E-state index in [0.29, 0.717) is 22.0 Å². The maximum absolute atomic E-state index is 12.4. The molecule has 20 heavy (non-hydrogen) atoms. The Balaban J connectivity index is 0.00000200. The fourth-order valence-electron chi connectivity index (χ4n) is 2.65. The molecule has 2 rings (SSSR count). The number of hydrogen-bond acceptors (Lipinski definition) is 3. The zero-order valence-corrected chi connectivity index (χ0v) is 13.7. The smallest absolute Gasteiger partial charge is 0.241 e. The molecule has 0 aromatic heterocycles. The van der Waals surface area contributed by atoms with Gasteiger partial charge in [0.15, 0.2) is 0 Å². The molecule has 0 spiro atoms. The second kappa shape index (κ2) is 7.09. The summed E-state index contributed by atoms with van der Waals surface area (Å²) in [4.78, 5) is 0.291. The molecule has 1 saturated carbocycles. The van der Waals surface area contributed by atoms with E-state index in [2.05, 4.69) is 4.72 Å². The average Bonchev–Trinajstić information content (AvgIpc) is 2.74. The Bertz CT molecular complexity index is 563. The first kappa shape index (κ1) is 17.7. The summed E-state index contributed by atoms with van der Waals surface area (Å²) < 4.78 is 27.6. The van der Waals surface area contributed by atoms with Crippen LogP contribution in [0.15, 0.2) is 23.1 Å². The predicted molar refractivity (Wildman–Crippen MR) is 83.9 cm³/mol. The highest BCUT2D eigenvalue weighted by Gasteiger charge is 2.30. The van der Waals surface area contributed by atoms with Gasteiger partial charge < -0.3 is 5.73 Å². The molecular weight excluding hydrogens is 319 g/mol. The summed E-state index contributed by atoms with van der Waals surface area (Å²) in [5, 5.41) is 0.539. The lowest BCUT2D eigenvalue weighted by atomic mass is 10.1. The highest BCUT2D eigenvalue weighted by atomic mass is 35.5. The number of nitrogens with one attached hydrogen (secondary N) is 1. The molecule has 3 N–H and O–H groups in total. The molecule has 1 fully saturated rings. The third-order valence-electron chi connectivity index (χ3n) is 3.69. The molecule has 1 aromatic rings. The van der Waals surface area contributed by atoms with Gasteiger partial charge in [-0.05, 0) is 56.0 Å². The number of halogens is 2. The zero-order chi connectivity index (χ0) is 14.0. The fourth-order valence-corrected chi connectivity index (χ4v) is 4.44. The molecule has 0 amide bonds. The van der Waals surface area contributed by atoms with Crippen molar-refractivity contribution in [3.63, 3.8) is 0 Å². The van der Waals surface area contributed by atoms with Gasteiger partial charge in [0.2, 0.25) is 10.0 Å². The van der Waals surface area contributed by atoms with E-state index in [1.54, 1.807) is 25.1 Å². The lowest BCUT2D eigenvalue weighted by molar-refractivity contribution is 0.452. The number of benzene rings is 1. The Morgan fingerprint density at radius 2 is 2.10 bits per heavy atom. The number of nitrogens with two attached hydrogens (primary N) is 1. The van der Waals surface area contributed by atoms with Crippen molar-refractivity contribution in [1.29, 1.82) is 0 Å². The first-order valence-corrected chi connectivity index (χ1v) is 8.28. The first-order chi connectivity index (χ1) is 8.94. The van der Waals surface area contributed by atoms with Gasteiger partial charge in [-0.25, -0.2) is 13.1 Å². The van der Waals surface area contributed by atoms with Crippen LogP contribution >= 0.6 is 24.0 Å². The van der Waals surface area contributed by atoms with Crippen molar-refractivity contribution in [3.8, 4) is 0 Å². The van der Waals surface area contributed by atoms with Gasteiger partial charge in [0.05, 0.1) is 4.90 Å². The largest absolute Gasteiger partial charge is 0.330 e. The van der Waals surface area contributed by atoms with E-state index < -0.39 is 10.0 Å². The van der Waals surface area contributed by atoms with Gasteiger partial charge in [-0.2, -0.15) is 0 Å². The van der Waals surface area contributed by atoms with Crippen molar-refractivity contribution in [1.82, 2.24) is 4.72 Å². The topological polar surface area (TPSA) is 72.2 Å². The summed E-state index contributed by atoms with van der Waals surface area (Å²) in [5.41, 5.74) is 6.33. The van der Waals surface area contributed by atoms with E-state index in [0.717, 1.165) is 19.3 Å². The molecule has 1 aliphatic rings. The number of rotatable bonds is 4. The van der Waals surface area contributed by atoms with E-state index in [4.69, 9.17) is 17.3 Å². The van der Waals surface area contributed by atoms with Gasteiger partial charge in [-0.15, -0.1) is 12.4 Å². The van der Waals surface area contributed by atoms with Crippen molar-refractivity contribution >= 4 is 34.0 Å². The maximum Gasteiger partial charge on any atom is 0.241 e. The molecule has 7 heteroatoms. The normalized spacial score (nSPS) is 22.6. The van der Waals surface area contributed by atoms with E-state index in [-0.39, 0.29) is 24.4 Å². The molecule has 2 unspecified atom stereocenters. The summed E-state index contributed by atoms with van der Waals surface area (Å²) in [6.07, 6.45) is 2.87. The monoisotopic (exact) mass is 338 g/mol. The Hall–Kier alpha value is -0.330. The molecule has 1 aliphatic carbocycles. The SMILES string of the molecule is Cc1cc(Cl)ccc1S(=O)(=O)NC1CCCC1CN.Cl. The minimum atomic E-state index is -3.50. The van der Waals surface area contributed by atoms with E-state index >= 15 is 0 Å². The van der Waals surface area contributed by atoms with E-state index in [1.807, 2.05) is 0 Å². The Morgan fingerprint density at radius 1 is 1.40 bits per heavy atom. The summed E-state index contributed by atoms with van der Waals surface area (Å²) in [7, 11) is -3.50. The van der Waals surface area contributed by atoms with Crippen molar-refractivity contribution in [2.24, 2.45) is 11.7 Å². The van der Waals surface area contributed by atoms with Crippen LogP contribution in [0.4, 0.5) is 0 Å². The first-order valence-electron chi connectivity index (χ1n) is 6.42. The lowest BCUT2D eigenvalue weighted by Crippen LogP contribution is -2.40. The number of aryl methyl sites for hydroxylation is 1. The van der Waals surface area contributed by atoms with Crippen molar-refractivity contribution in [3.05, 3.63) is 28.8 Å². The van der Waals surface area contributed by atoms with Gasteiger partial charge in [-0.1, -0.05) is 18.0 Å². The van der Waals surface area contributed by atoms with Crippen LogP contribution in [0.3, 0.4) is 0 Å². The van der Waals surface area contributed by atoms with Crippen LogP contribution in [0.1, 0.15) is 24.8 Å². The van der Waals surface area contributed by atoms with Crippen LogP contribution in [0.5, 0.6) is 0 Å². The van der Waals surface area contributed by atoms with Crippen LogP contribution in [0.25, 0.3) is 0 Å². The van der Waals surface area contributed by atoms with Crippen LogP contribution in [0.2, 0.25) is 5.02 Å². The average molecular weight is 339 g/mol. The Morgan fingerprint density at radius 3 is 2.70 bits per heavy atom. The van der Waals surface area contributed by atoms with Crippen LogP contribution in [0, 0.1) is 12.8 Å². The highest BCUT2D eigenvalue weighted by molar-refractivity contribution is 7.89. The van der Waals surface area contributed by atoms with Gasteiger partial charge in [0, 0.05) is 11.1 Å². The summed E-state index contributed by atoms with van der Waals surface area (Å²) in [6.45, 7) is 2.27. The molecule has 114 valence electrons. The molecule has 0 bridgehead atoms. The van der Waals surface area contributed by atoms with Crippen molar-refractivity contribution in [2.75, 3.05) is 6.54 Å². The molecular formula is C13H20Cl2N2O2S. The Labute approximate surface area is 131 Å². The van der Waals surface area contributed by atoms with E-state index in [9.17, 15) is 8.42 Å². The van der Waals surface area contributed by atoms with Crippen molar-refractivity contribution in [2.45, 2.75) is 37.1 Å². The minimum Gasteiger partial charge on any atom is -0.330 e. The van der Waals surface area contributed by atoms with Gasteiger partial charge >= 0.3 is 0 Å². The fraction of sp³-hybridized carbons (Fsp3) is 0.538. The quantitative estimate of drug-likeness (QED) is 0.885. The molecule has 0 aliphatic heterocycles. The third-order valence-corrected chi connectivity index (χ3v) is 5.58. The zero-order valence-electron chi connectivity index (χ0n) is 11.3. The minimum absolute atomic E-state index is 0. The van der Waals surface area contributed by atoms with Gasteiger partial charge in [0.25, 0.3) is 0 Å². The molecule has 0 radical (unpaired) electrons. The number of hydrogen-bond donors (Lipinski definition) is 2. The summed E-state index contributed by atoms with van der Waals surface area (Å²) in [6, 6.07) is 4.75. The Kier molecular flexibility index (Phi) is 6.28. The second-order valence-corrected chi connectivity index (χ2v) is 7.18. The molecule has 1 aromatic carbocycles. The second-order valence-electron chi connectivity index (χ2n) is 5.06. The third kappa shape index (κ3) is 3.86. The summed E-state index contributed by atoms with van der Waals surface area (Å²) >= 11 is 5.85. The lowest BCUT2D eigenvalue weighted by Gasteiger charge is -2.20. The van der Waals surface area contributed by atoms with E-state index in [1.165, 1.54) is 0 Å². The molecule has 0 heterocycles. The molecule has 2 atom stereocenters. The van der Waals surface area contributed by atoms with Gasteiger partial charge in [0.1, 0.15) is 0 Å². The van der Waals surface area contributed by atoms with Crippen molar-refractivity contribution < 1.29 is 8.42 Å². The summed E-state index contributed by atoms with van der Waals surface area (Å²) in [5.74, 6) is 0.238. The maximum atomic E-state index is 12.4. The highest BCUT2D eigenvalue weighted by Crippen LogP contribution is 2.27. The number of sulfonamides is 1. The van der Waals surface area contributed by atoms with Gasteiger partial charge in [-0.3, -0.25) is 0 Å². The van der Waals surface area contributed by atoms with Crippen LogP contribution in [-0.4, -0.2) is 21.0 Å². The molecule has 4 nitrogen and oxygen atoms in total. The van der Waals surface area contributed by atoms with Crippen LogP contribution < -0.4 is 10.5 Å².